The van der Waals surface area contributed by atoms with Gasteiger partial charge in [-0.2, -0.15) is 0 Å². The maximum absolute atomic E-state index is 11.5. The second kappa shape index (κ2) is 3.96. The molecule has 4 heteroatoms. The fraction of sp³-hybridized carbons (Fsp3) is 0.400. The summed E-state index contributed by atoms with van der Waals surface area (Å²) in [5.41, 5.74) is -0.373. The smallest absolute Gasteiger partial charge is 0.359 e. The average molecular weight is 214 g/mol. The molecule has 0 aliphatic heterocycles. The van der Waals surface area contributed by atoms with Crippen molar-refractivity contribution in [2.45, 2.75) is 26.4 Å². The van der Waals surface area contributed by atoms with Crippen LogP contribution in [0.25, 0.3) is 0 Å². The van der Waals surface area contributed by atoms with Gasteiger partial charge in [-0.05, 0) is 32.9 Å². The van der Waals surface area contributed by atoms with Gasteiger partial charge in [-0.1, -0.05) is 11.6 Å². The zero-order valence-electron chi connectivity index (χ0n) is 8.37. The minimum absolute atomic E-state index is 0.157. The fourth-order valence-electron chi connectivity index (χ4n) is 0.862. The van der Waals surface area contributed by atoms with Crippen LogP contribution in [0.2, 0.25) is 5.02 Å². The van der Waals surface area contributed by atoms with Crippen molar-refractivity contribution in [1.82, 2.24) is 4.98 Å². The molecule has 1 aromatic rings. The molecule has 14 heavy (non-hydrogen) atoms. The number of hydrogen-bond acceptors (Lipinski definition) is 3. The van der Waals surface area contributed by atoms with Gasteiger partial charge in [0.05, 0.1) is 5.02 Å². The Kier molecular flexibility index (Phi) is 3.11. The molecule has 0 saturated carbocycles. The maximum Gasteiger partial charge on any atom is 0.359 e. The van der Waals surface area contributed by atoms with Gasteiger partial charge in [0.15, 0.2) is 5.69 Å². The van der Waals surface area contributed by atoms with Crippen LogP contribution in [0, 0.1) is 0 Å². The minimum Gasteiger partial charge on any atom is -0.455 e. The van der Waals surface area contributed by atoms with Gasteiger partial charge in [-0.15, -0.1) is 0 Å². The van der Waals surface area contributed by atoms with E-state index in [0.29, 0.717) is 5.02 Å². The van der Waals surface area contributed by atoms with Crippen molar-refractivity contribution in [1.29, 1.82) is 0 Å². The Morgan fingerprint density at radius 1 is 1.50 bits per heavy atom. The van der Waals surface area contributed by atoms with E-state index in [1.54, 1.807) is 32.9 Å². The molecule has 0 spiro atoms. The molecule has 0 aliphatic rings. The monoisotopic (exact) mass is 213 g/mol. The van der Waals surface area contributed by atoms with Crippen LogP contribution >= 0.6 is 11.6 Å². The minimum atomic E-state index is -0.530. The van der Waals surface area contributed by atoms with Crippen LogP contribution in [-0.4, -0.2) is 16.6 Å². The highest BCUT2D eigenvalue weighted by molar-refractivity contribution is 6.33. The van der Waals surface area contributed by atoms with E-state index in [4.69, 9.17) is 16.3 Å². The Hall–Kier alpha value is -1.09. The summed E-state index contributed by atoms with van der Waals surface area (Å²) in [6.07, 6.45) is 1.51. The number of aromatic nitrogens is 1. The highest BCUT2D eigenvalue weighted by Gasteiger charge is 2.20. The second-order valence-corrected chi connectivity index (χ2v) is 4.24. The molecule has 0 amide bonds. The van der Waals surface area contributed by atoms with Crippen LogP contribution in [0.1, 0.15) is 31.3 Å². The molecule has 0 saturated heterocycles. The maximum atomic E-state index is 11.5. The molecule has 0 N–H and O–H groups in total. The first-order valence-corrected chi connectivity index (χ1v) is 4.62. The summed E-state index contributed by atoms with van der Waals surface area (Å²) in [6.45, 7) is 5.38. The molecular weight excluding hydrogens is 202 g/mol. The molecule has 0 bridgehead atoms. The van der Waals surface area contributed by atoms with E-state index in [0.717, 1.165) is 0 Å². The molecule has 1 heterocycles. The van der Waals surface area contributed by atoms with E-state index >= 15 is 0 Å². The number of rotatable bonds is 1. The predicted octanol–water partition coefficient (Wildman–Crippen LogP) is 2.69. The summed E-state index contributed by atoms with van der Waals surface area (Å²) in [6, 6.07) is 3.27. The van der Waals surface area contributed by atoms with E-state index in [-0.39, 0.29) is 5.69 Å². The largest absolute Gasteiger partial charge is 0.455 e. The van der Waals surface area contributed by atoms with Gasteiger partial charge in [0, 0.05) is 6.20 Å². The Balaban J connectivity index is 2.86. The lowest BCUT2D eigenvalue weighted by molar-refractivity contribution is 0.00631. The molecule has 0 fully saturated rings. The van der Waals surface area contributed by atoms with Crippen molar-refractivity contribution in [2.24, 2.45) is 0 Å². The highest BCUT2D eigenvalue weighted by atomic mass is 35.5. The quantitative estimate of drug-likeness (QED) is 0.674. The third kappa shape index (κ3) is 3.00. The first-order chi connectivity index (χ1) is 6.40. The predicted molar refractivity (Wildman–Crippen MR) is 54.4 cm³/mol. The van der Waals surface area contributed by atoms with Crippen molar-refractivity contribution in [3.8, 4) is 0 Å². The molecule has 0 atom stereocenters. The fourth-order valence-corrected chi connectivity index (χ4v) is 1.06. The number of pyridine rings is 1. The van der Waals surface area contributed by atoms with Crippen molar-refractivity contribution >= 4 is 17.6 Å². The van der Waals surface area contributed by atoms with Crippen molar-refractivity contribution in [2.75, 3.05) is 0 Å². The molecule has 76 valence electrons. The van der Waals surface area contributed by atoms with Crippen molar-refractivity contribution in [3.05, 3.63) is 29.0 Å². The van der Waals surface area contributed by atoms with Crippen molar-refractivity contribution < 1.29 is 9.53 Å². The first-order valence-electron chi connectivity index (χ1n) is 4.24. The van der Waals surface area contributed by atoms with Crippen LogP contribution < -0.4 is 0 Å². The number of halogens is 1. The third-order valence-electron chi connectivity index (χ3n) is 1.35. The summed E-state index contributed by atoms with van der Waals surface area (Å²) in [5.74, 6) is -0.497. The number of carbonyl (C=O) groups excluding carboxylic acids is 1. The number of nitrogens with zero attached hydrogens (tertiary/aromatic N) is 1. The summed E-state index contributed by atoms with van der Waals surface area (Å²) in [4.78, 5) is 15.4. The number of hydrogen-bond donors (Lipinski definition) is 0. The van der Waals surface area contributed by atoms with E-state index in [9.17, 15) is 4.79 Å². The van der Waals surface area contributed by atoms with E-state index in [1.807, 2.05) is 0 Å². The Morgan fingerprint density at radius 3 is 2.64 bits per heavy atom. The molecular formula is C10H12ClNO2. The Bertz CT molecular complexity index is 344. The SMILES string of the molecule is CC(C)(C)OC(=O)c1ncccc1Cl. The molecule has 0 unspecified atom stereocenters. The Labute approximate surface area is 88.1 Å². The van der Waals surface area contributed by atoms with Crippen LogP contribution in [-0.2, 0) is 4.74 Å². The number of carbonyl (C=O) groups is 1. The number of ether oxygens (including phenoxy) is 1. The summed E-state index contributed by atoms with van der Waals surface area (Å²) >= 11 is 5.78. The van der Waals surface area contributed by atoms with Gasteiger partial charge in [0.1, 0.15) is 5.60 Å². The summed E-state index contributed by atoms with van der Waals surface area (Å²) in [5, 5.41) is 0.307. The summed E-state index contributed by atoms with van der Waals surface area (Å²) < 4.78 is 5.12. The van der Waals surface area contributed by atoms with Gasteiger partial charge >= 0.3 is 5.97 Å². The molecule has 1 rings (SSSR count). The van der Waals surface area contributed by atoms with Crippen LogP contribution in [0.4, 0.5) is 0 Å². The number of esters is 1. The highest BCUT2D eigenvalue weighted by Crippen LogP contribution is 2.16. The molecule has 0 aromatic carbocycles. The topological polar surface area (TPSA) is 39.2 Å². The van der Waals surface area contributed by atoms with Crippen LogP contribution in [0.15, 0.2) is 18.3 Å². The molecule has 3 nitrogen and oxygen atoms in total. The zero-order chi connectivity index (χ0) is 10.8. The van der Waals surface area contributed by atoms with Gasteiger partial charge in [-0.25, -0.2) is 9.78 Å². The second-order valence-electron chi connectivity index (χ2n) is 3.84. The van der Waals surface area contributed by atoms with E-state index in [2.05, 4.69) is 4.98 Å². The van der Waals surface area contributed by atoms with Crippen LogP contribution in [0.3, 0.4) is 0 Å². The molecule has 0 aliphatic carbocycles. The zero-order valence-corrected chi connectivity index (χ0v) is 9.13. The normalized spacial score (nSPS) is 11.1. The lowest BCUT2D eigenvalue weighted by Gasteiger charge is -2.19. The standard InChI is InChI=1S/C10H12ClNO2/c1-10(2,3)14-9(13)8-7(11)5-4-6-12-8/h4-6H,1-3H3. The van der Waals surface area contributed by atoms with E-state index < -0.39 is 11.6 Å². The third-order valence-corrected chi connectivity index (χ3v) is 1.66. The van der Waals surface area contributed by atoms with Crippen LogP contribution in [0.5, 0.6) is 0 Å². The first kappa shape index (κ1) is 11.0. The van der Waals surface area contributed by atoms with E-state index in [1.165, 1.54) is 6.20 Å². The molecule has 1 aromatic heterocycles. The van der Waals surface area contributed by atoms with Gasteiger partial charge in [0.25, 0.3) is 0 Å². The van der Waals surface area contributed by atoms with Crippen molar-refractivity contribution in [3.63, 3.8) is 0 Å². The molecule has 0 radical (unpaired) electrons. The average Bonchev–Trinajstić information content (AvgIpc) is 2.01. The lowest BCUT2D eigenvalue weighted by atomic mass is 10.2. The van der Waals surface area contributed by atoms with Gasteiger partial charge in [-0.3, -0.25) is 0 Å². The Morgan fingerprint density at radius 2 is 2.14 bits per heavy atom. The summed E-state index contributed by atoms with van der Waals surface area (Å²) in [7, 11) is 0. The van der Waals surface area contributed by atoms with Gasteiger partial charge in [0.2, 0.25) is 0 Å². The van der Waals surface area contributed by atoms with Gasteiger partial charge < -0.3 is 4.74 Å². The lowest BCUT2D eigenvalue weighted by Crippen LogP contribution is -2.24.